The van der Waals surface area contributed by atoms with E-state index >= 15 is 0 Å². The van der Waals surface area contributed by atoms with Crippen molar-refractivity contribution < 1.29 is 84.0 Å². The molecule has 2 fully saturated rings. The van der Waals surface area contributed by atoms with E-state index < -0.39 is 91.8 Å². The van der Waals surface area contributed by atoms with Crippen LogP contribution in [0.1, 0.15) is 5.56 Å². The van der Waals surface area contributed by atoms with E-state index in [0.717, 1.165) is 18.2 Å². The maximum absolute atomic E-state index is 12.8. The predicted molar refractivity (Wildman–Crippen MR) is 182 cm³/mol. The van der Waals surface area contributed by atoms with Crippen molar-refractivity contribution >= 4 is 12.0 Å². The van der Waals surface area contributed by atoms with Gasteiger partial charge in [0.15, 0.2) is 34.5 Å². The van der Waals surface area contributed by atoms with Crippen LogP contribution in [0.25, 0.3) is 28.7 Å². The van der Waals surface area contributed by atoms with Crippen molar-refractivity contribution in [1.29, 1.82) is 0 Å². The number of aromatic hydroxyl groups is 3. The molecule has 3 heterocycles. The fourth-order valence-electron chi connectivity index (χ4n) is 5.75. The van der Waals surface area contributed by atoms with E-state index in [0.29, 0.717) is 5.56 Å². The fraction of sp³-hybridized carbons (Fsp3) is 0.333. The molecule has 18 heteroatoms. The van der Waals surface area contributed by atoms with E-state index in [2.05, 4.69) is 0 Å². The Labute approximate surface area is 304 Å². The van der Waals surface area contributed by atoms with Crippen LogP contribution in [0.5, 0.6) is 28.7 Å². The molecule has 4 aliphatic rings. The molecule has 0 bridgehead atoms. The summed E-state index contributed by atoms with van der Waals surface area (Å²) in [7, 11) is 0. The molecule has 1 aliphatic carbocycles. The number of carbonyl (C=O) groups excluding carboxylic acids is 1. The molecule has 2 saturated heterocycles. The number of esters is 1. The van der Waals surface area contributed by atoms with Crippen LogP contribution in [0.3, 0.4) is 0 Å². The lowest BCUT2D eigenvalue weighted by Crippen LogP contribution is -2.60. The molecule has 54 heavy (non-hydrogen) atoms. The summed E-state index contributed by atoms with van der Waals surface area (Å²) in [6.45, 7) is -1.32. The first-order valence-electron chi connectivity index (χ1n) is 16.4. The number of rotatable bonds is 10. The van der Waals surface area contributed by atoms with Crippen LogP contribution in [0.15, 0.2) is 76.0 Å². The molecule has 0 spiro atoms. The number of fused-ring (bicyclic) bond motifs is 1. The zero-order valence-corrected chi connectivity index (χ0v) is 27.9. The normalized spacial score (nSPS) is 28.6. The van der Waals surface area contributed by atoms with Gasteiger partial charge in [0.05, 0.1) is 18.2 Å². The molecule has 2 aromatic carbocycles. The van der Waals surface area contributed by atoms with Crippen LogP contribution in [0.4, 0.5) is 0 Å². The zero-order chi connectivity index (χ0) is 38.8. The minimum atomic E-state index is -1.88. The third-order valence-electron chi connectivity index (χ3n) is 8.73. The van der Waals surface area contributed by atoms with E-state index in [9.17, 15) is 60.7 Å². The highest BCUT2D eigenvalue weighted by molar-refractivity contribution is 5.88. The van der Waals surface area contributed by atoms with Gasteiger partial charge in [-0.15, -0.1) is 0 Å². The lowest BCUT2D eigenvalue weighted by atomic mass is 9.99. The maximum Gasteiger partial charge on any atom is 0.510 e. The minimum Gasteiger partial charge on any atom is -0.508 e. The Bertz CT molecular complexity index is 1990. The van der Waals surface area contributed by atoms with E-state index in [-0.39, 0.29) is 45.6 Å². The summed E-state index contributed by atoms with van der Waals surface area (Å²) in [5.74, 6) is -2.13. The lowest BCUT2D eigenvalue weighted by molar-refractivity contribution is -0.277. The van der Waals surface area contributed by atoms with Crippen LogP contribution in [0.2, 0.25) is 0 Å². The molecule has 10 atom stereocenters. The first kappa shape index (κ1) is 38.4. The second-order valence-corrected chi connectivity index (χ2v) is 12.5. The number of hydrogen-bond donors (Lipinski definition) is 10. The van der Waals surface area contributed by atoms with Crippen LogP contribution < -0.4 is 14.9 Å². The first-order valence-corrected chi connectivity index (χ1v) is 16.4. The third kappa shape index (κ3) is 8.11. The quantitative estimate of drug-likeness (QED) is 0.0407. The summed E-state index contributed by atoms with van der Waals surface area (Å²) in [5, 5.41) is 102. The average molecular weight is 758 g/mol. The lowest BCUT2D eigenvalue weighted by Gasteiger charge is -2.40. The Morgan fingerprint density at radius 1 is 0.722 bits per heavy atom. The molecule has 0 amide bonds. The molecular formula is C36H37O18+. The van der Waals surface area contributed by atoms with Gasteiger partial charge in [0.2, 0.25) is 19.2 Å². The Kier molecular flexibility index (Phi) is 11.4. The second kappa shape index (κ2) is 16.0. The number of hydrogen-bond acceptors (Lipinski definition) is 17. The largest absolute Gasteiger partial charge is 0.510 e. The van der Waals surface area contributed by atoms with Gasteiger partial charge in [-0.05, 0) is 54.1 Å². The fourth-order valence-corrected chi connectivity index (χ4v) is 5.75. The second-order valence-electron chi connectivity index (χ2n) is 12.5. The number of ether oxygens (including phenoxy) is 5. The van der Waals surface area contributed by atoms with E-state index in [4.69, 9.17) is 28.1 Å². The topological polar surface area (TPSA) is 300 Å². The Hall–Kier alpha value is -5.28. The number of phenolic OH excluding ortho intramolecular Hbond substituents is 3. The van der Waals surface area contributed by atoms with Gasteiger partial charge in [-0.25, -0.2) is 0 Å². The van der Waals surface area contributed by atoms with Crippen molar-refractivity contribution in [1.82, 2.24) is 0 Å². The van der Waals surface area contributed by atoms with E-state index in [1.54, 1.807) is 0 Å². The average Bonchev–Trinajstić information content (AvgIpc) is 3.15. The molecule has 0 saturated carbocycles. The van der Waals surface area contributed by atoms with Crippen molar-refractivity contribution in [2.24, 2.45) is 0 Å². The highest BCUT2D eigenvalue weighted by Gasteiger charge is 2.48. The van der Waals surface area contributed by atoms with Gasteiger partial charge in [0, 0.05) is 17.7 Å². The van der Waals surface area contributed by atoms with Gasteiger partial charge in [-0.3, -0.25) is 4.79 Å². The molecule has 288 valence electrons. The van der Waals surface area contributed by atoms with Gasteiger partial charge in [-0.1, -0.05) is 6.07 Å². The van der Waals surface area contributed by atoms with Crippen LogP contribution in [0, 0.1) is 0 Å². The van der Waals surface area contributed by atoms with E-state index in [1.165, 1.54) is 54.6 Å². The SMILES string of the molecule is O=c1cc2oc(-c3ccc(O)cc3)c(OC3OC(COC(=[OH+])C=Cc4ccc(O)c(O)c4)C(O)C(O)C3O)cc-2c(OC2OC(CO)C(O)C(O)C2O)c1. The molecule has 11 N–H and O–H groups in total. The smallest absolute Gasteiger partial charge is 0.508 e. The van der Waals surface area contributed by atoms with Crippen molar-refractivity contribution in [2.45, 2.75) is 61.4 Å². The Morgan fingerprint density at radius 2 is 1.35 bits per heavy atom. The van der Waals surface area contributed by atoms with Crippen LogP contribution in [-0.4, -0.2) is 136 Å². The minimum absolute atomic E-state index is 0.0168. The molecule has 10 unspecified atom stereocenters. The van der Waals surface area contributed by atoms with Crippen molar-refractivity contribution in [2.75, 3.05) is 13.2 Å². The monoisotopic (exact) mass is 757 g/mol. The van der Waals surface area contributed by atoms with Gasteiger partial charge in [0.1, 0.15) is 60.0 Å². The summed E-state index contributed by atoms with van der Waals surface area (Å²) in [6.07, 6.45) is -14.5. The van der Waals surface area contributed by atoms with Gasteiger partial charge >= 0.3 is 5.97 Å². The maximum atomic E-state index is 12.8. The molecule has 0 aromatic heterocycles. The van der Waals surface area contributed by atoms with Crippen molar-refractivity contribution in [3.63, 3.8) is 0 Å². The summed E-state index contributed by atoms with van der Waals surface area (Å²) in [4.78, 5) is 23.0. The number of aliphatic hydroxyl groups is 7. The molecule has 3 aliphatic heterocycles. The van der Waals surface area contributed by atoms with Crippen LogP contribution in [-0.2, 0) is 14.2 Å². The summed E-state index contributed by atoms with van der Waals surface area (Å²) in [5.41, 5.74) is 0.0673. The predicted octanol–water partition coefficient (Wildman–Crippen LogP) is -0.874. The molecule has 2 aromatic rings. The first-order chi connectivity index (χ1) is 25.7. The van der Waals surface area contributed by atoms with Crippen molar-refractivity contribution in [3.05, 3.63) is 82.5 Å². The van der Waals surface area contributed by atoms with E-state index in [1.807, 2.05) is 0 Å². The molecule has 6 rings (SSSR count). The standard InChI is InChI=1S/C36H36O18/c37-13-25-28(43)30(45)32(47)35(53-25)51-23-11-18(39)10-22-19(23)12-24(34(50-22)16-3-5-17(38)6-4-16)52-36-33(48)31(46)29(44)26(54-36)14-49-27(42)8-2-15-1-7-20(40)21(41)9-15/h1-12,25-26,28-33,35-38,40-41,43-48H,13-14H2/p+1. The highest BCUT2D eigenvalue weighted by atomic mass is 16.7. The number of benzene rings is 3. The van der Waals surface area contributed by atoms with Crippen LogP contribution >= 0.6 is 0 Å². The molecule has 0 radical (unpaired) electrons. The van der Waals surface area contributed by atoms with Gasteiger partial charge < -0.3 is 84.0 Å². The number of phenols is 3. The highest BCUT2D eigenvalue weighted by Crippen LogP contribution is 2.43. The summed E-state index contributed by atoms with van der Waals surface area (Å²) < 4.78 is 34.4. The molecular weight excluding hydrogens is 720 g/mol. The van der Waals surface area contributed by atoms with Crippen molar-refractivity contribution in [3.8, 4) is 51.4 Å². The Balaban J connectivity index is 1.29. The Morgan fingerprint density at radius 3 is 2.00 bits per heavy atom. The summed E-state index contributed by atoms with van der Waals surface area (Å²) in [6, 6.07) is 12.9. The zero-order valence-electron chi connectivity index (χ0n) is 27.9. The van der Waals surface area contributed by atoms with Gasteiger partial charge in [-0.2, -0.15) is 0 Å². The molecule has 18 nitrogen and oxygen atoms in total. The van der Waals surface area contributed by atoms with Gasteiger partial charge in [0.25, 0.3) is 0 Å². The third-order valence-corrected chi connectivity index (χ3v) is 8.73. The summed E-state index contributed by atoms with van der Waals surface area (Å²) >= 11 is 0. The number of aliphatic hydroxyl groups excluding tert-OH is 7.